The van der Waals surface area contributed by atoms with Gasteiger partial charge in [0.15, 0.2) is 0 Å². The maximum Gasteiger partial charge on any atom is 0.126 e. The van der Waals surface area contributed by atoms with E-state index in [4.69, 9.17) is 5.73 Å². The molecule has 2 aromatic rings. The van der Waals surface area contributed by atoms with Gasteiger partial charge < -0.3 is 5.73 Å². The maximum absolute atomic E-state index is 13.2. The predicted octanol–water partition coefficient (Wildman–Crippen LogP) is 3.73. The quantitative estimate of drug-likeness (QED) is 0.863. The number of anilines is 1. The first-order valence-electron chi connectivity index (χ1n) is 7.03. The summed E-state index contributed by atoms with van der Waals surface area (Å²) < 4.78 is 26.5. The molecular formula is C17H15F2N3. The van der Waals surface area contributed by atoms with Crippen LogP contribution in [0.25, 0.3) is 0 Å². The van der Waals surface area contributed by atoms with Gasteiger partial charge in [0, 0.05) is 29.4 Å². The number of nitrogens with two attached hydrogens (primary N) is 1. The molecule has 1 heterocycles. The van der Waals surface area contributed by atoms with Crippen LogP contribution in [0.4, 0.5) is 14.5 Å². The Bertz CT molecular complexity index is 746. The number of benzene rings is 2. The fourth-order valence-electron chi connectivity index (χ4n) is 2.48. The van der Waals surface area contributed by atoms with Crippen LogP contribution in [-0.4, -0.2) is 11.4 Å². The highest BCUT2D eigenvalue weighted by Gasteiger charge is 2.14. The van der Waals surface area contributed by atoms with E-state index < -0.39 is 11.6 Å². The molecule has 112 valence electrons. The third kappa shape index (κ3) is 3.36. The van der Waals surface area contributed by atoms with Crippen molar-refractivity contribution >= 4 is 17.1 Å². The predicted molar refractivity (Wildman–Crippen MR) is 84.1 cm³/mol. The molecular weight excluding hydrogens is 284 g/mol. The van der Waals surface area contributed by atoms with Crippen LogP contribution in [0.3, 0.4) is 0 Å². The van der Waals surface area contributed by atoms with Gasteiger partial charge in [-0.1, -0.05) is 12.1 Å². The average molecular weight is 299 g/mol. The zero-order valence-electron chi connectivity index (χ0n) is 11.9. The molecule has 2 N–H and O–H groups in total. The number of nitrogens with zero attached hydrogens (tertiary/aromatic N) is 2. The molecule has 0 saturated heterocycles. The summed E-state index contributed by atoms with van der Waals surface area (Å²) in [6.07, 6.45) is 2.01. The molecule has 3 rings (SSSR count). The molecule has 0 amide bonds. The largest absolute Gasteiger partial charge is 0.399 e. The number of hydrogen-bond acceptors (Lipinski definition) is 3. The number of halogens is 2. The Morgan fingerprint density at radius 2 is 1.73 bits per heavy atom. The minimum Gasteiger partial charge on any atom is -0.399 e. The van der Waals surface area contributed by atoms with E-state index in [0.717, 1.165) is 17.3 Å². The van der Waals surface area contributed by atoms with Gasteiger partial charge in [-0.3, -0.25) is 0 Å². The van der Waals surface area contributed by atoms with Gasteiger partial charge in [-0.25, -0.2) is 8.78 Å². The van der Waals surface area contributed by atoms with Crippen molar-refractivity contribution in [1.82, 2.24) is 0 Å². The van der Waals surface area contributed by atoms with E-state index in [1.165, 1.54) is 12.1 Å². The molecule has 0 spiro atoms. The van der Waals surface area contributed by atoms with E-state index in [1.807, 2.05) is 24.3 Å². The minimum absolute atomic E-state index is 0.448. The van der Waals surface area contributed by atoms with Gasteiger partial charge >= 0.3 is 0 Å². The lowest BCUT2D eigenvalue weighted by atomic mass is 9.99. The van der Waals surface area contributed by atoms with E-state index >= 15 is 0 Å². The normalized spacial score (nSPS) is 14.5. The summed E-state index contributed by atoms with van der Waals surface area (Å²) in [5, 5.41) is 8.31. The Labute approximate surface area is 127 Å². The van der Waals surface area contributed by atoms with Gasteiger partial charge in [0.2, 0.25) is 0 Å². The van der Waals surface area contributed by atoms with Gasteiger partial charge in [-0.2, -0.15) is 10.2 Å². The number of rotatable bonds is 3. The maximum atomic E-state index is 13.2. The summed E-state index contributed by atoms with van der Waals surface area (Å²) in [4.78, 5) is 0. The second kappa shape index (κ2) is 6.05. The molecule has 3 nitrogen and oxygen atoms in total. The van der Waals surface area contributed by atoms with Crippen LogP contribution in [0.1, 0.15) is 24.0 Å². The highest BCUT2D eigenvalue weighted by Crippen LogP contribution is 2.17. The van der Waals surface area contributed by atoms with Crippen LogP contribution >= 0.6 is 0 Å². The molecule has 0 radical (unpaired) electrons. The summed E-state index contributed by atoms with van der Waals surface area (Å²) in [6.45, 7) is 0. The smallest absolute Gasteiger partial charge is 0.126 e. The minimum atomic E-state index is -0.604. The van der Waals surface area contributed by atoms with Gasteiger partial charge in [0.1, 0.15) is 11.6 Å². The van der Waals surface area contributed by atoms with Crippen LogP contribution in [0, 0.1) is 11.6 Å². The number of nitrogen functional groups attached to an aromatic ring is 1. The molecule has 22 heavy (non-hydrogen) atoms. The molecule has 5 heteroatoms. The van der Waals surface area contributed by atoms with Crippen molar-refractivity contribution in [1.29, 1.82) is 0 Å². The Kier molecular flexibility index (Phi) is 3.96. The Morgan fingerprint density at radius 3 is 2.36 bits per heavy atom. The van der Waals surface area contributed by atoms with Crippen molar-refractivity contribution < 1.29 is 8.78 Å². The number of hydrogen-bond donors (Lipinski definition) is 1. The van der Waals surface area contributed by atoms with Crippen molar-refractivity contribution in [3.8, 4) is 0 Å². The van der Waals surface area contributed by atoms with E-state index in [0.29, 0.717) is 36.2 Å². The van der Waals surface area contributed by atoms with Crippen LogP contribution in [0.5, 0.6) is 0 Å². The third-order valence-corrected chi connectivity index (χ3v) is 3.52. The van der Waals surface area contributed by atoms with Crippen molar-refractivity contribution in [2.75, 3.05) is 5.73 Å². The van der Waals surface area contributed by atoms with Crippen molar-refractivity contribution in [2.45, 2.75) is 19.3 Å². The zero-order valence-corrected chi connectivity index (χ0v) is 11.9. The van der Waals surface area contributed by atoms with Crippen molar-refractivity contribution in [3.63, 3.8) is 0 Å². The molecule has 1 aliphatic rings. The highest BCUT2D eigenvalue weighted by molar-refractivity contribution is 6.05. The fraction of sp³-hybridized carbons (Fsp3) is 0.176. The van der Waals surface area contributed by atoms with Crippen LogP contribution in [0.15, 0.2) is 52.7 Å². The first-order chi connectivity index (χ1) is 10.6. The first-order valence-corrected chi connectivity index (χ1v) is 7.03. The first kappa shape index (κ1) is 14.4. The Hall–Kier alpha value is -2.56. The van der Waals surface area contributed by atoms with Gasteiger partial charge in [0.25, 0.3) is 0 Å². The summed E-state index contributed by atoms with van der Waals surface area (Å²) in [5.74, 6) is -1.21. The molecule has 0 atom stereocenters. The molecule has 2 aromatic carbocycles. The third-order valence-electron chi connectivity index (χ3n) is 3.52. The Morgan fingerprint density at radius 1 is 0.955 bits per heavy atom. The summed E-state index contributed by atoms with van der Waals surface area (Å²) in [6, 6.07) is 11.0. The van der Waals surface area contributed by atoms with Crippen LogP contribution in [0.2, 0.25) is 0 Å². The zero-order chi connectivity index (χ0) is 15.5. The van der Waals surface area contributed by atoms with E-state index in [2.05, 4.69) is 10.2 Å². The van der Waals surface area contributed by atoms with Gasteiger partial charge in [-0.05, 0) is 42.7 Å². The second-order valence-electron chi connectivity index (χ2n) is 5.29. The van der Waals surface area contributed by atoms with Gasteiger partial charge in [0.05, 0.1) is 5.71 Å². The molecule has 1 aliphatic heterocycles. The SMILES string of the molecule is Nc1cccc(CC2=NN=C(c3cc(F)cc(F)c3)CC2)c1. The molecule has 0 aromatic heterocycles. The average Bonchev–Trinajstić information content (AvgIpc) is 2.47. The van der Waals surface area contributed by atoms with E-state index in [9.17, 15) is 8.78 Å². The highest BCUT2D eigenvalue weighted by atomic mass is 19.1. The lowest BCUT2D eigenvalue weighted by molar-refractivity contribution is 0.582. The lowest BCUT2D eigenvalue weighted by Gasteiger charge is -2.13. The van der Waals surface area contributed by atoms with E-state index in [1.54, 1.807) is 0 Å². The monoisotopic (exact) mass is 299 g/mol. The summed E-state index contributed by atoms with van der Waals surface area (Å²) in [5.41, 5.74) is 9.54. The lowest BCUT2D eigenvalue weighted by Crippen LogP contribution is -2.13. The van der Waals surface area contributed by atoms with Crippen LogP contribution < -0.4 is 5.73 Å². The second-order valence-corrected chi connectivity index (χ2v) is 5.29. The van der Waals surface area contributed by atoms with E-state index in [-0.39, 0.29) is 0 Å². The van der Waals surface area contributed by atoms with Crippen LogP contribution in [-0.2, 0) is 6.42 Å². The standard InChI is InChI=1S/C17H15F2N3/c18-13-8-12(9-14(19)10-13)17-5-4-16(21-22-17)7-11-2-1-3-15(20)6-11/h1-3,6,8-10H,4-5,7,20H2. The van der Waals surface area contributed by atoms with Crippen molar-refractivity contribution in [3.05, 3.63) is 65.2 Å². The van der Waals surface area contributed by atoms with Crippen molar-refractivity contribution in [2.24, 2.45) is 10.2 Å². The molecule has 0 fully saturated rings. The molecule has 0 bridgehead atoms. The topological polar surface area (TPSA) is 50.7 Å². The fourth-order valence-corrected chi connectivity index (χ4v) is 2.48. The molecule has 0 saturated carbocycles. The molecule has 0 aliphatic carbocycles. The van der Waals surface area contributed by atoms with Gasteiger partial charge in [-0.15, -0.1) is 0 Å². The molecule has 0 unspecified atom stereocenters. The summed E-state index contributed by atoms with van der Waals surface area (Å²) >= 11 is 0. The summed E-state index contributed by atoms with van der Waals surface area (Å²) in [7, 11) is 0. The Balaban J connectivity index is 1.78.